The SMILES string of the molecule is O=C(Cc1ccccc1Cl)NNc1ccccc1. The second-order valence-electron chi connectivity index (χ2n) is 3.81. The average molecular weight is 261 g/mol. The first-order valence-corrected chi connectivity index (χ1v) is 5.97. The zero-order valence-electron chi connectivity index (χ0n) is 9.69. The highest BCUT2D eigenvalue weighted by molar-refractivity contribution is 6.31. The molecule has 2 N–H and O–H groups in total. The Morgan fingerprint density at radius 3 is 2.39 bits per heavy atom. The van der Waals surface area contributed by atoms with Crippen molar-refractivity contribution >= 4 is 23.2 Å². The third-order valence-corrected chi connectivity index (χ3v) is 2.80. The third kappa shape index (κ3) is 3.50. The fourth-order valence-electron chi connectivity index (χ4n) is 1.52. The quantitative estimate of drug-likeness (QED) is 0.830. The van der Waals surface area contributed by atoms with Gasteiger partial charge in [-0.05, 0) is 23.8 Å². The molecule has 0 fully saturated rings. The summed E-state index contributed by atoms with van der Waals surface area (Å²) in [6.07, 6.45) is 0.250. The van der Waals surface area contributed by atoms with Crippen molar-refractivity contribution in [3.63, 3.8) is 0 Å². The van der Waals surface area contributed by atoms with Gasteiger partial charge < -0.3 is 0 Å². The van der Waals surface area contributed by atoms with Crippen LogP contribution >= 0.6 is 11.6 Å². The summed E-state index contributed by atoms with van der Waals surface area (Å²) in [6, 6.07) is 16.7. The van der Waals surface area contributed by atoms with Crippen molar-refractivity contribution in [3.8, 4) is 0 Å². The second kappa shape index (κ2) is 6.07. The van der Waals surface area contributed by atoms with Gasteiger partial charge in [0.1, 0.15) is 0 Å². The zero-order chi connectivity index (χ0) is 12.8. The fourth-order valence-corrected chi connectivity index (χ4v) is 1.72. The maximum Gasteiger partial charge on any atom is 0.242 e. The van der Waals surface area contributed by atoms with E-state index in [0.717, 1.165) is 11.3 Å². The van der Waals surface area contributed by atoms with Gasteiger partial charge in [-0.25, -0.2) is 0 Å². The first kappa shape index (κ1) is 12.5. The van der Waals surface area contributed by atoms with Gasteiger partial charge in [0.15, 0.2) is 0 Å². The standard InChI is InChI=1S/C14H13ClN2O/c15-13-9-5-4-6-11(13)10-14(18)17-16-12-7-2-1-3-8-12/h1-9,16H,10H2,(H,17,18). The zero-order valence-corrected chi connectivity index (χ0v) is 10.4. The number of anilines is 1. The number of halogens is 1. The van der Waals surface area contributed by atoms with E-state index in [4.69, 9.17) is 11.6 Å². The van der Waals surface area contributed by atoms with E-state index in [1.54, 1.807) is 6.07 Å². The Kier molecular flexibility index (Phi) is 4.20. The number of hydrogen-bond donors (Lipinski definition) is 2. The molecule has 0 aromatic heterocycles. The second-order valence-corrected chi connectivity index (χ2v) is 4.21. The van der Waals surface area contributed by atoms with E-state index in [-0.39, 0.29) is 12.3 Å². The Hall–Kier alpha value is -2.00. The van der Waals surface area contributed by atoms with Gasteiger partial charge in [0, 0.05) is 5.02 Å². The van der Waals surface area contributed by atoms with Crippen LogP contribution in [0.1, 0.15) is 5.56 Å². The molecule has 0 heterocycles. The summed E-state index contributed by atoms with van der Waals surface area (Å²) in [4.78, 5) is 11.7. The molecule has 0 atom stereocenters. The van der Waals surface area contributed by atoms with Gasteiger partial charge in [-0.2, -0.15) is 0 Å². The molecule has 0 unspecified atom stereocenters. The third-order valence-electron chi connectivity index (χ3n) is 2.43. The molecule has 4 heteroatoms. The molecule has 1 amide bonds. The summed E-state index contributed by atoms with van der Waals surface area (Å²) in [5, 5.41) is 0.604. The molecule has 2 aromatic carbocycles. The first-order chi connectivity index (χ1) is 8.75. The maximum absolute atomic E-state index is 11.7. The number of hydrazine groups is 1. The molecule has 0 aliphatic heterocycles. The van der Waals surface area contributed by atoms with Crippen molar-refractivity contribution in [2.45, 2.75) is 6.42 Å². The number of hydrogen-bond acceptors (Lipinski definition) is 2. The molecular formula is C14H13ClN2O. The summed E-state index contributed by atoms with van der Waals surface area (Å²) >= 11 is 5.99. The maximum atomic E-state index is 11.7. The van der Waals surface area contributed by atoms with Crippen molar-refractivity contribution in [1.29, 1.82) is 0 Å². The molecule has 0 aliphatic rings. The van der Waals surface area contributed by atoms with E-state index in [0.29, 0.717) is 5.02 Å². The molecule has 0 saturated carbocycles. The van der Waals surface area contributed by atoms with E-state index in [1.165, 1.54) is 0 Å². The number of carbonyl (C=O) groups is 1. The van der Waals surface area contributed by atoms with E-state index >= 15 is 0 Å². The molecule has 0 radical (unpaired) electrons. The summed E-state index contributed by atoms with van der Waals surface area (Å²) in [6.45, 7) is 0. The van der Waals surface area contributed by atoms with Crippen molar-refractivity contribution in [3.05, 3.63) is 65.2 Å². The van der Waals surface area contributed by atoms with Crippen LogP contribution in [0.25, 0.3) is 0 Å². The first-order valence-electron chi connectivity index (χ1n) is 5.59. The fraction of sp³-hybridized carbons (Fsp3) is 0.0714. The molecule has 3 nitrogen and oxygen atoms in total. The van der Waals surface area contributed by atoms with Crippen LogP contribution in [0.15, 0.2) is 54.6 Å². The molecule has 0 saturated heterocycles. The topological polar surface area (TPSA) is 41.1 Å². The molecular weight excluding hydrogens is 248 g/mol. The Bertz CT molecular complexity index is 528. The molecule has 92 valence electrons. The van der Waals surface area contributed by atoms with E-state index < -0.39 is 0 Å². The van der Waals surface area contributed by atoms with Crippen LogP contribution < -0.4 is 10.9 Å². The van der Waals surface area contributed by atoms with Crippen LogP contribution in [0.4, 0.5) is 5.69 Å². The van der Waals surface area contributed by atoms with E-state index in [1.807, 2.05) is 48.5 Å². The summed E-state index contributed by atoms with van der Waals surface area (Å²) in [5.41, 5.74) is 7.12. The lowest BCUT2D eigenvalue weighted by molar-refractivity contribution is -0.119. The molecule has 0 bridgehead atoms. The van der Waals surface area contributed by atoms with Crippen LogP contribution in [0.3, 0.4) is 0 Å². The number of carbonyl (C=O) groups excluding carboxylic acids is 1. The van der Waals surface area contributed by atoms with Crippen LogP contribution in [0.5, 0.6) is 0 Å². The van der Waals surface area contributed by atoms with Gasteiger partial charge in [0.2, 0.25) is 5.91 Å². The lowest BCUT2D eigenvalue weighted by Crippen LogP contribution is -2.30. The number of rotatable bonds is 4. The van der Waals surface area contributed by atoms with Crippen molar-refractivity contribution in [1.82, 2.24) is 5.43 Å². The minimum absolute atomic E-state index is 0.132. The lowest BCUT2D eigenvalue weighted by Gasteiger charge is -2.08. The van der Waals surface area contributed by atoms with Gasteiger partial charge >= 0.3 is 0 Å². The smallest absolute Gasteiger partial charge is 0.242 e. The van der Waals surface area contributed by atoms with Crippen molar-refractivity contribution < 1.29 is 4.79 Å². The van der Waals surface area contributed by atoms with Gasteiger partial charge in [0.05, 0.1) is 12.1 Å². The highest BCUT2D eigenvalue weighted by Crippen LogP contribution is 2.15. The predicted molar refractivity (Wildman–Crippen MR) is 73.4 cm³/mol. The molecule has 2 aromatic rings. The molecule has 2 rings (SSSR count). The Morgan fingerprint density at radius 2 is 1.67 bits per heavy atom. The van der Waals surface area contributed by atoms with Gasteiger partial charge in [-0.1, -0.05) is 48.0 Å². The predicted octanol–water partition coefficient (Wildman–Crippen LogP) is 3.03. The average Bonchev–Trinajstić information content (AvgIpc) is 2.40. The highest BCUT2D eigenvalue weighted by atomic mass is 35.5. The van der Waals surface area contributed by atoms with Crippen molar-refractivity contribution in [2.75, 3.05) is 5.43 Å². The number of para-hydroxylation sites is 1. The monoisotopic (exact) mass is 260 g/mol. The molecule has 0 spiro atoms. The van der Waals surface area contributed by atoms with Gasteiger partial charge in [0.25, 0.3) is 0 Å². The van der Waals surface area contributed by atoms with E-state index in [2.05, 4.69) is 10.9 Å². The van der Waals surface area contributed by atoms with Crippen molar-refractivity contribution in [2.24, 2.45) is 0 Å². The van der Waals surface area contributed by atoms with Crippen LogP contribution in [0, 0.1) is 0 Å². The minimum Gasteiger partial charge on any atom is -0.299 e. The van der Waals surface area contributed by atoms with Crippen LogP contribution in [-0.2, 0) is 11.2 Å². The Labute approximate surface area is 111 Å². The summed E-state index contributed by atoms with van der Waals surface area (Å²) in [7, 11) is 0. The normalized spacial score (nSPS) is 9.83. The summed E-state index contributed by atoms with van der Waals surface area (Å²) in [5.74, 6) is -0.132. The van der Waals surface area contributed by atoms with Gasteiger partial charge in [-0.15, -0.1) is 0 Å². The number of amides is 1. The summed E-state index contributed by atoms with van der Waals surface area (Å²) < 4.78 is 0. The number of nitrogens with one attached hydrogen (secondary N) is 2. The van der Waals surface area contributed by atoms with Crippen LogP contribution in [0.2, 0.25) is 5.02 Å². The van der Waals surface area contributed by atoms with Gasteiger partial charge in [-0.3, -0.25) is 15.6 Å². The molecule has 0 aliphatic carbocycles. The lowest BCUT2D eigenvalue weighted by atomic mass is 10.1. The minimum atomic E-state index is -0.132. The Balaban J connectivity index is 1.88. The Morgan fingerprint density at radius 1 is 1.00 bits per heavy atom. The number of benzene rings is 2. The highest BCUT2D eigenvalue weighted by Gasteiger charge is 2.05. The van der Waals surface area contributed by atoms with E-state index in [9.17, 15) is 4.79 Å². The van der Waals surface area contributed by atoms with Crippen LogP contribution in [-0.4, -0.2) is 5.91 Å². The molecule has 18 heavy (non-hydrogen) atoms. The largest absolute Gasteiger partial charge is 0.299 e.